The summed E-state index contributed by atoms with van der Waals surface area (Å²) in [5.41, 5.74) is -1.03. The second-order valence-electron chi connectivity index (χ2n) is 4.24. The predicted molar refractivity (Wildman–Crippen MR) is 70.4 cm³/mol. The van der Waals surface area contributed by atoms with Gasteiger partial charge in [0.05, 0.1) is 6.42 Å². The van der Waals surface area contributed by atoms with Crippen LogP contribution in [0.5, 0.6) is 0 Å². The molecule has 0 unspecified atom stereocenters. The number of nitrogens with zero attached hydrogens (tertiary/aromatic N) is 3. The van der Waals surface area contributed by atoms with Crippen molar-refractivity contribution in [2.24, 2.45) is 7.05 Å². The molecule has 1 heterocycles. The van der Waals surface area contributed by atoms with Gasteiger partial charge in [0.2, 0.25) is 5.91 Å². The highest BCUT2D eigenvalue weighted by atomic mass is 16.4. The summed E-state index contributed by atoms with van der Waals surface area (Å²) < 4.78 is 2.02. The molecule has 1 aromatic heterocycles. The van der Waals surface area contributed by atoms with Gasteiger partial charge in [-0.15, -0.1) is 0 Å². The molecular formula is C12H17N3O5. The van der Waals surface area contributed by atoms with E-state index in [9.17, 15) is 19.2 Å². The molecule has 0 fully saturated rings. The number of aromatic nitrogens is 2. The molecule has 0 bridgehead atoms. The van der Waals surface area contributed by atoms with Gasteiger partial charge in [0.1, 0.15) is 6.54 Å². The summed E-state index contributed by atoms with van der Waals surface area (Å²) in [5.74, 6) is -1.36. The first kappa shape index (κ1) is 15.7. The second kappa shape index (κ2) is 6.69. The molecule has 0 spiro atoms. The maximum absolute atomic E-state index is 12.0. The van der Waals surface area contributed by atoms with Crippen LogP contribution < -0.4 is 11.2 Å². The topological polar surface area (TPSA) is 102 Å². The lowest BCUT2D eigenvalue weighted by atomic mass is 10.3. The third-order valence-electron chi connectivity index (χ3n) is 2.90. The number of carbonyl (C=O) groups excluding carboxylic acids is 1. The Morgan fingerprint density at radius 1 is 1.35 bits per heavy atom. The van der Waals surface area contributed by atoms with E-state index in [2.05, 4.69) is 0 Å². The summed E-state index contributed by atoms with van der Waals surface area (Å²) >= 11 is 0. The standard InChI is InChI=1S/C12H17N3O5/c1-3-14(7-5-11(18)19)10(17)8-15-6-4-9(16)13(2)12(15)20/h4,6H,3,5,7-8H2,1-2H3,(H,18,19). The largest absolute Gasteiger partial charge is 0.481 e. The van der Waals surface area contributed by atoms with Gasteiger partial charge in [-0.3, -0.25) is 23.5 Å². The minimum Gasteiger partial charge on any atom is -0.481 e. The molecule has 0 atom stereocenters. The second-order valence-corrected chi connectivity index (χ2v) is 4.24. The minimum absolute atomic E-state index is 0.0885. The number of carboxylic acid groups (broad SMARTS) is 1. The Hall–Kier alpha value is -2.38. The maximum Gasteiger partial charge on any atom is 0.331 e. The van der Waals surface area contributed by atoms with Gasteiger partial charge in [0, 0.05) is 32.4 Å². The Kier molecular flexibility index (Phi) is 5.24. The van der Waals surface area contributed by atoms with E-state index in [1.807, 2.05) is 0 Å². The predicted octanol–water partition coefficient (Wildman–Crippen LogP) is -1.13. The van der Waals surface area contributed by atoms with Crippen molar-refractivity contribution in [1.82, 2.24) is 14.0 Å². The van der Waals surface area contributed by atoms with Crippen LogP contribution in [0.1, 0.15) is 13.3 Å². The van der Waals surface area contributed by atoms with Crippen molar-refractivity contribution in [2.75, 3.05) is 13.1 Å². The third kappa shape index (κ3) is 3.81. The smallest absolute Gasteiger partial charge is 0.331 e. The van der Waals surface area contributed by atoms with Crippen molar-refractivity contribution in [3.63, 3.8) is 0 Å². The zero-order chi connectivity index (χ0) is 15.3. The van der Waals surface area contributed by atoms with E-state index in [4.69, 9.17) is 5.11 Å². The van der Waals surface area contributed by atoms with E-state index < -0.39 is 17.2 Å². The van der Waals surface area contributed by atoms with Crippen molar-refractivity contribution in [2.45, 2.75) is 19.9 Å². The minimum atomic E-state index is -0.990. The highest BCUT2D eigenvalue weighted by molar-refractivity contribution is 5.76. The van der Waals surface area contributed by atoms with E-state index in [1.165, 1.54) is 24.2 Å². The molecule has 0 saturated carbocycles. The van der Waals surface area contributed by atoms with E-state index in [0.717, 1.165) is 9.13 Å². The van der Waals surface area contributed by atoms with Crippen molar-refractivity contribution < 1.29 is 14.7 Å². The van der Waals surface area contributed by atoms with E-state index in [1.54, 1.807) is 6.92 Å². The highest BCUT2D eigenvalue weighted by Gasteiger charge is 2.14. The molecule has 20 heavy (non-hydrogen) atoms. The first-order chi connectivity index (χ1) is 9.36. The van der Waals surface area contributed by atoms with E-state index >= 15 is 0 Å². The van der Waals surface area contributed by atoms with Gasteiger partial charge in [0.15, 0.2) is 0 Å². The molecule has 1 rings (SSSR count). The SMILES string of the molecule is CCN(CCC(=O)O)C(=O)Cn1ccc(=O)n(C)c1=O. The monoisotopic (exact) mass is 283 g/mol. The number of hydrogen-bond donors (Lipinski definition) is 1. The van der Waals surface area contributed by atoms with Crippen molar-refractivity contribution >= 4 is 11.9 Å². The molecule has 1 aromatic rings. The van der Waals surface area contributed by atoms with Gasteiger partial charge in [-0.1, -0.05) is 0 Å². The van der Waals surface area contributed by atoms with Crippen LogP contribution in [-0.2, 0) is 23.2 Å². The fourth-order valence-corrected chi connectivity index (χ4v) is 1.67. The highest BCUT2D eigenvalue weighted by Crippen LogP contribution is 1.95. The summed E-state index contributed by atoms with van der Waals surface area (Å²) in [4.78, 5) is 46.8. The molecule has 110 valence electrons. The molecule has 1 N–H and O–H groups in total. The van der Waals surface area contributed by atoms with Crippen LogP contribution in [0.25, 0.3) is 0 Å². The maximum atomic E-state index is 12.0. The van der Waals surface area contributed by atoms with Gasteiger partial charge >= 0.3 is 11.7 Å². The Balaban J connectivity index is 2.84. The number of carbonyl (C=O) groups is 2. The van der Waals surface area contributed by atoms with Crippen LogP contribution in [-0.4, -0.2) is 44.1 Å². The van der Waals surface area contributed by atoms with Gasteiger partial charge in [-0.25, -0.2) is 4.79 Å². The van der Waals surface area contributed by atoms with Crippen LogP contribution in [0.4, 0.5) is 0 Å². The summed E-state index contributed by atoms with van der Waals surface area (Å²) in [7, 11) is 1.33. The number of rotatable bonds is 6. The van der Waals surface area contributed by atoms with Gasteiger partial charge < -0.3 is 10.0 Å². The third-order valence-corrected chi connectivity index (χ3v) is 2.90. The molecule has 8 heteroatoms. The Labute approximate surface area is 114 Å². The molecule has 0 aliphatic rings. The van der Waals surface area contributed by atoms with Crippen LogP contribution >= 0.6 is 0 Å². The van der Waals surface area contributed by atoms with Crippen LogP contribution in [0.2, 0.25) is 0 Å². The first-order valence-electron chi connectivity index (χ1n) is 6.12. The Bertz CT molecular complexity index is 616. The molecule has 0 saturated heterocycles. The van der Waals surface area contributed by atoms with Crippen molar-refractivity contribution in [3.05, 3.63) is 33.1 Å². The average molecular weight is 283 g/mol. The number of aliphatic carboxylic acids is 1. The first-order valence-corrected chi connectivity index (χ1v) is 6.12. The molecular weight excluding hydrogens is 266 g/mol. The van der Waals surface area contributed by atoms with Crippen molar-refractivity contribution in [1.29, 1.82) is 0 Å². The fourth-order valence-electron chi connectivity index (χ4n) is 1.67. The Morgan fingerprint density at radius 2 is 2.00 bits per heavy atom. The average Bonchev–Trinajstić information content (AvgIpc) is 2.40. The molecule has 8 nitrogen and oxygen atoms in total. The molecule has 0 aromatic carbocycles. The lowest BCUT2D eigenvalue weighted by Gasteiger charge is -2.20. The molecule has 0 aliphatic carbocycles. The lowest BCUT2D eigenvalue weighted by Crippen LogP contribution is -2.42. The zero-order valence-corrected chi connectivity index (χ0v) is 11.4. The fraction of sp³-hybridized carbons (Fsp3) is 0.500. The molecule has 0 aliphatic heterocycles. The number of carboxylic acids is 1. The molecule has 0 radical (unpaired) electrons. The van der Waals surface area contributed by atoms with E-state index in [0.29, 0.717) is 6.54 Å². The molecule has 1 amide bonds. The van der Waals surface area contributed by atoms with Gasteiger partial charge in [-0.2, -0.15) is 0 Å². The van der Waals surface area contributed by atoms with Gasteiger partial charge in [0.25, 0.3) is 5.56 Å². The van der Waals surface area contributed by atoms with Crippen LogP contribution in [0.3, 0.4) is 0 Å². The summed E-state index contributed by atoms with van der Waals surface area (Å²) in [5, 5.41) is 8.61. The zero-order valence-electron chi connectivity index (χ0n) is 11.4. The van der Waals surface area contributed by atoms with E-state index in [-0.39, 0.29) is 25.4 Å². The number of likely N-dealkylation sites (N-methyl/N-ethyl adjacent to an activating group) is 1. The summed E-state index contributed by atoms with van der Waals surface area (Å²) in [6.07, 6.45) is 1.11. The quantitative estimate of drug-likeness (QED) is 0.712. The Morgan fingerprint density at radius 3 is 2.55 bits per heavy atom. The van der Waals surface area contributed by atoms with Crippen molar-refractivity contribution in [3.8, 4) is 0 Å². The van der Waals surface area contributed by atoms with Gasteiger partial charge in [-0.05, 0) is 6.92 Å². The number of amides is 1. The van der Waals surface area contributed by atoms with Crippen LogP contribution in [0.15, 0.2) is 21.9 Å². The normalized spacial score (nSPS) is 10.3. The number of hydrogen-bond acceptors (Lipinski definition) is 4. The summed E-state index contributed by atoms with van der Waals surface area (Å²) in [6.45, 7) is 1.95. The summed E-state index contributed by atoms with van der Waals surface area (Å²) in [6, 6.07) is 1.20. The van der Waals surface area contributed by atoms with Crippen LogP contribution in [0, 0.1) is 0 Å². The lowest BCUT2D eigenvalue weighted by molar-refractivity contribution is -0.138.